The Labute approximate surface area is 694 Å². The van der Waals surface area contributed by atoms with Crippen molar-refractivity contribution in [2.75, 3.05) is 19.6 Å². The third-order valence-corrected chi connectivity index (χ3v) is 33.2. The quantitative estimate of drug-likeness (QED) is 0.0660. The number of hydrogen-bond donors (Lipinski definition) is 0. The maximum absolute atomic E-state index is 7.00. The van der Waals surface area contributed by atoms with Crippen molar-refractivity contribution < 1.29 is 17.7 Å². The van der Waals surface area contributed by atoms with E-state index in [1.165, 1.54) is 53.5 Å². The van der Waals surface area contributed by atoms with Gasteiger partial charge in [0.1, 0.15) is 22.3 Å². The Morgan fingerprint density at radius 2 is 0.408 bits per heavy atom. The van der Waals surface area contributed by atoms with Crippen molar-refractivity contribution in [3.8, 4) is 0 Å². The Morgan fingerprint density at radius 3 is 0.675 bits per heavy atom. The van der Waals surface area contributed by atoms with Crippen LogP contribution in [0.3, 0.4) is 0 Å². The van der Waals surface area contributed by atoms with E-state index in [9.17, 15) is 0 Å². The van der Waals surface area contributed by atoms with Gasteiger partial charge in [0.05, 0.1) is 61.6 Å². The minimum absolute atomic E-state index is 0.851. The number of anilines is 12. The van der Waals surface area contributed by atoms with E-state index in [2.05, 4.69) is 410 Å². The van der Waals surface area contributed by atoms with Gasteiger partial charge in [-0.25, -0.2) is 0 Å². The van der Waals surface area contributed by atoms with Gasteiger partial charge >= 0.3 is 0 Å². The zero-order valence-electron chi connectivity index (χ0n) is 66.6. The summed E-state index contributed by atoms with van der Waals surface area (Å²) in [4.78, 5) is 9.68. The summed E-state index contributed by atoms with van der Waals surface area (Å²) in [6.45, 7) is 10.3. The van der Waals surface area contributed by atoms with Crippen LogP contribution in [0.1, 0.15) is 0 Å². The number of hydrogen-bond acceptors (Lipinski definition) is 8. The normalized spacial score (nSPS) is 12.4. The molecule has 4 aromatic heterocycles. The molecule has 8 nitrogen and oxygen atoms in total. The molecule has 0 amide bonds. The molecule has 24 aromatic rings. The molecular formula is C110H78N4O4Si2. The monoisotopic (exact) mass is 1570 g/mol. The van der Waals surface area contributed by atoms with Crippen molar-refractivity contribution >= 4 is 247 Å². The Balaban J connectivity index is 0.582. The van der Waals surface area contributed by atoms with Gasteiger partial charge in [0.15, 0.2) is 22.3 Å². The van der Waals surface area contributed by atoms with Crippen molar-refractivity contribution in [2.45, 2.75) is 38.3 Å². The maximum atomic E-state index is 7.00. The summed E-state index contributed by atoms with van der Waals surface area (Å²) in [5, 5.41) is 25.8. The van der Waals surface area contributed by atoms with Crippen molar-refractivity contribution in [3.63, 3.8) is 0 Å². The van der Waals surface area contributed by atoms with Crippen LogP contribution in [0.2, 0.25) is 38.3 Å². The lowest BCUT2D eigenvalue weighted by atomic mass is 9.91. The molecular weight excluding hydrogens is 1500 g/mol. The smallest absolute Gasteiger partial charge is 0.159 e. The van der Waals surface area contributed by atoms with E-state index < -0.39 is 16.1 Å². The molecule has 0 aliphatic rings. The average molecular weight is 1580 g/mol. The molecule has 0 spiro atoms. The maximum Gasteiger partial charge on any atom is 0.159 e. The number of furan rings is 4. The number of para-hydroxylation sites is 10. The first-order chi connectivity index (χ1) is 59.0. The van der Waals surface area contributed by atoms with Crippen LogP contribution >= 0.6 is 0 Å². The Bertz CT molecular complexity index is 7730. The third kappa shape index (κ3) is 10.8. The fraction of sp³-hybridized carbons (Fsp3) is 0.0545. The molecule has 0 atom stereocenters. The molecule has 0 fully saturated rings. The molecule has 0 radical (unpaired) electrons. The largest absolute Gasteiger partial charge is 0.454 e. The van der Waals surface area contributed by atoms with Gasteiger partial charge in [-0.05, 0) is 164 Å². The molecule has 0 aliphatic carbocycles. The Morgan fingerprint density at radius 1 is 0.183 bits per heavy atom. The fourth-order valence-corrected chi connectivity index (χ4v) is 27.5. The lowest BCUT2D eigenvalue weighted by Gasteiger charge is -2.32. The van der Waals surface area contributed by atoms with E-state index in [0.717, 1.165) is 190 Å². The van der Waals surface area contributed by atoms with Gasteiger partial charge in [-0.1, -0.05) is 303 Å². The van der Waals surface area contributed by atoms with Gasteiger partial charge in [-0.3, -0.25) is 0 Å². The molecule has 10 heteroatoms. The third-order valence-electron chi connectivity index (χ3n) is 25.9. The molecule has 0 aliphatic heterocycles. The Kier molecular flexibility index (Phi) is 15.6. The Hall–Kier alpha value is -14.7. The molecule has 120 heavy (non-hydrogen) atoms. The second kappa shape index (κ2) is 26.9. The van der Waals surface area contributed by atoms with Crippen LogP contribution in [0, 0.1) is 0 Å². The standard InChI is InChI=1S/C110H78N4O4Si2/c1-119(2,77-55-51-75(52-56-77)113(97-37-21-33-85-81-29-13-17-41-101(81)117-109(85)97)93-65-49-71-43-59-87-91(63-47-69-45-61-89(93)105(71)103(69)87)111(73-23-7-5-8-24-73)95-35-19-31-83-79-27-11-15-39-99(79)115-107(83)95)67-68-120(3,4)78-57-53-76(54-58-78)114(98-38-22-34-86-82-30-14-18-42-102(82)118-110(86)98)94-66-50-72-44-60-88-92(64-48-70-46-62-90(94)106(72)104(70)88)112(74-25-9-6-10-26-74)96-36-20-32-84-80-28-12-16-40-100(80)116-108(84)96/h5-66H,67-68H2,1-4H3. The summed E-state index contributed by atoms with van der Waals surface area (Å²) in [6, 6.07) is 140. The van der Waals surface area contributed by atoms with E-state index in [0.29, 0.717) is 0 Å². The molecule has 0 saturated carbocycles. The lowest BCUT2D eigenvalue weighted by Crippen LogP contribution is -2.47. The summed E-state index contributed by atoms with van der Waals surface area (Å²) in [7, 11) is -4.19. The van der Waals surface area contributed by atoms with E-state index >= 15 is 0 Å². The van der Waals surface area contributed by atoms with Crippen molar-refractivity contribution in [3.05, 3.63) is 376 Å². The first-order valence-corrected chi connectivity index (χ1v) is 48.0. The zero-order chi connectivity index (χ0) is 79.6. The second-order valence-electron chi connectivity index (χ2n) is 33.6. The zero-order valence-corrected chi connectivity index (χ0v) is 68.6. The summed E-state index contributed by atoms with van der Waals surface area (Å²) < 4.78 is 27.6. The number of nitrogens with zero attached hydrogens (tertiary/aromatic N) is 4. The topological polar surface area (TPSA) is 65.5 Å². The SMILES string of the molecule is C[Si](C)(CC[Si](C)(C)c1ccc(N(c2ccc3ccc4c(N(c5ccccc5)c5cccc6c5oc5ccccc56)ccc5ccc2c3c54)c2cccc3c2oc2ccccc23)cc1)c1ccc(N(c2ccc3ccc4c(N(c5ccccc5)c5cccc6c5oc5ccccc56)ccc5ccc2c3c54)c2cccc3c2oc2ccccc23)cc1. The molecule has 0 bridgehead atoms. The number of rotatable bonds is 17. The average Bonchev–Trinajstić information content (AvgIpc) is 0.848. The van der Waals surface area contributed by atoms with Crippen LogP contribution in [0.25, 0.3) is 152 Å². The molecule has 24 rings (SSSR count). The number of fused-ring (bicyclic) bond motifs is 12. The molecule has 0 unspecified atom stereocenters. The van der Waals surface area contributed by atoms with Gasteiger partial charge in [0, 0.05) is 87.4 Å². The van der Waals surface area contributed by atoms with E-state index in [1.54, 1.807) is 0 Å². The predicted octanol–water partition coefficient (Wildman–Crippen LogP) is 31.5. The molecule has 0 saturated heterocycles. The van der Waals surface area contributed by atoms with Gasteiger partial charge < -0.3 is 37.3 Å². The van der Waals surface area contributed by atoms with Gasteiger partial charge in [0.2, 0.25) is 0 Å². The van der Waals surface area contributed by atoms with Crippen LogP contribution in [-0.2, 0) is 0 Å². The van der Waals surface area contributed by atoms with Crippen molar-refractivity contribution in [1.82, 2.24) is 0 Å². The van der Waals surface area contributed by atoms with Crippen LogP contribution in [0.4, 0.5) is 68.2 Å². The molecule has 20 aromatic carbocycles. The van der Waals surface area contributed by atoms with E-state index in [1.807, 2.05) is 12.1 Å². The minimum Gasteiger partial charge on any atom is -0.454 e. The second-order valence-corrected chi connectivity index (χ2v) is 43.3. The van der Waals surface area contributed by atoms with Crippen molar-refractivity contribution in [2.24, 2.45) is 0 Å². The number of benzene rings is 20. The van der Waals surface area contributed by atoms with E-state index in [4.69, 9.17) is 17.7 Å². The summed E-state index contributed by atoms with van der Waals surface area (Å²) in [5.41, 5.74) is 19.3. The summed E-state index contributed by atoms with van der Waals surface area (Å²) in [5.74, 6) is 0. The minimum atomic E-state index is -2.09. The lowest BCUT2D eigenvalue weighted by molar-refractivity contribution is 0.669. The predicted molar refractivity (Wildman–Crippen MR) is 512 cm³/mol. The van der Waals surface area contributed by atoms with Gasteiger partial charge in [-0.2, -0.15) is 0 Å². The first kappa shape index (κ1) is 69.6. The van der Waals surface area contributed by atoms with Crippen molar-refractivity contribution in [1.29, 1.82) is 0 Å². The summed E-state index contributed by atoms with van der Waals surface area (Å²) in [6.07, 6.45) is 0. The molecule has 0 N–H and O–H groups in total. The van der Waals surface area contributed by atoms with Crippen LogP contribution in [0.15, 0.2) is 394 Å². The van der Waals surface area contributed by atoms with Gasteiger partial charge in [-0.15, -0.1) is 0 Å². The van der Waals surface area contributed by atoms with E-state index in [-0.39, 0.29) is 0 Å². The summed E-state index contributed by atoms with van der Waals surface area (Å²) >= 11 is 0. The fourth-order valence-electron chi connectivity index (χ4n) is 19.8. The molecule has 570 valence electrons. The van der Waals surface area contributed by atoms with Gasteiger partial charge in [0.25, 0.3) is 0 Å². The van der Waals surface area contributed by atoms with Crippen LogP contribution in [0.5, 0.6) is 0 Å². The highest BCUT2D eigenvalue weighted by Gasteiger charge is 2.34. The highest BCUT2D eigenvalue weighted by Crippen LogP contribution is 2.54. The van der Waals surface area contributed by atoms with Crippen LogP contribution < -0.4 is 30.0 Å². The molecule has 4 heterocycles. The van der Waals surface area contributed by atoms with Crippen LogP contribution in [-0.4, -0.2) is 16.1 Å². The first-order valence-electron chi connectivity index (χ1n) is 41.6. The highest BCUT2D eigenvalue weighted by atomic mass is 28.3. The highest BCUT2D eigenvalue weighted by molar-refractivity contribution is 6.94.